The molecular formula is C13H18O2S. The molecule has 0 N–H and O–H groups in total. The van der Waals surface area contributed by atoms with Crippen LogP contribution in [0.25, 0.3) is 0 Å². The molecule has 0 bridgehead atoms. The van der Waals surface area contributed by atoms with E-state index in [9.17, 15) is 4.79 Å². The van der Waals surface area contributed by atoms with Gasteiger partial charge in [-0.3, -0.25) is 4.79 Å². The monoisotopic (exact) mass is 238 g/mol. The van der Waals surface area contributed by atoms with Gasteiger partial charge in [-0.25, -0.2) is 0 Å². The number of carbonyl (C=O) groups is 1. The van der Waals surface area contributed by atoms with Crippen LogP contribution in [0.1, 0.15) is 20.3 Å². The maximum Gasteiger partial charge on any atom is 0.309 e. The van der Waals surface area contributed by atoms with E-state index in [-0.39, 0.29) is 17.1 Å². The first-order valence-corrected chi connectivity index (χ1v) is 6.36. The van der Waals surface area contributed by atoms with Gasteiger partial charge in [0.15, 0.2) is 0 Å². The third kappa shape index (κ3) is 3.56. The van der Waals surface area contributed by atoms with E-state index >= 15 is 0 Å². The number of carbonyl (C=O) groups excluding carboxylic acids is 1. The van der Waals surface area contributed by atoms with E-state index in [1.165, 1.54) is 12.0 Å². The lowest BCUT2D eigenvalue weighted by Crippen LogP contribution is -2.23. The van der Waals surface area contributed by atoms with E-state index in [2.05, 4.69) is 19.1 Å². The molecule has 0 unspecified atom stereocenters. The standard InChI is InChI=1S/C13H18O2S/c1-4-12(10(2)13(14)15-3)16-11-8-6-5-7-9-11/h5-10,12H,4H2,1-3H3/t10-,12+/m1/s1. The summed E-state index contributed by atoms with van der Waals surface area (Å²) in [7, 11) is 1.44. The third-order valence-corrected chi connectivity index (χ3v) is 4.15. The van der Waals surface area contributed by atoms with Crippen molar-refractivity contribution >= 4 is 17.7 Å². The van der Waals surface area contributed by atoms with Crippen LogP contribution < -0.4 is 0 Å². The summed E-state index contributed by atoms with van der Waals surface area (Å²) >= 11 is 1.74. The van der Waals surface area contributed by atoms with Gasteiger partial charge < -0.3 is 4.74 Å². The van der Waals surface area contributed by atoms with E-state index in [4.69, 9.17) is 4.74 Å². The lowest BCUT2D eigenvalue weighted by molar-refractivity contribution is -0.144. The first-order chi connectivity index (χ1) is 7.69. The normalized spacial score (nSPS) is 14.2. The third-order valence-electron chi connectivity index (χ3n) is 2.56. The van der Waals surface area contributed by atoms with Crippen LogP contribution in [0.3, 0.4) is 0 Å². The quantitative estimate of drug-likeness (QED) is 0.581. The van der Waals surface area contributed by atoms with E-state index in [0.29, 0.717) is 0 Å². The lowest BCUT2D eigenvalue weighted by atomic mass is 10.1. The minimum atomic E-state index is -0.129. The molecule has 16 heavy (non-hydrogen) atoms. The second-order valence-corrected chi connectivity index (χ2v) is 5.00. The van der Waals surface area contributed by atoms with Crippen molar-refractivity contribution in [2.24, 2.45) is 5.92 Å². The number of thioether (sulfide) groups is 1. The van der Waals surface area contributed by atoms with Gasteiger partial charge in [-0.05, 0) is 18.6 Å². The fourth-order valence-electron chi connectivity index (χ4n) is 1.55. The molecule has 1 aromatic rings. The van der Waals surface area contributed by atoms with Crippen molar-refractivity contribution in [3.8, 4) is 0 Å². The van der Waals surface area contributed by atoms with Gasteiger partial charge in [0.1, 0.15) is 0 Å². The molecule has 2 nitrogen and oxygen atoms in total. The van der Waals surface area contributed by atoms with Crippen LogP contribution in [-0.2, 0) is 9.53 Å². The molecule has 3 heteroatoms. The molecule has 0 amide bonds. The topological polar surface area (TPSA) is 26.3 Å². The Hall–Kier alpha value is -0.960. The average Bonchev–Trinajstić information content (AvgIpc) is 2.35. The second kappa shape index (κ2) is 6.59. The van der Waals surface area contributed by atoms with E-state index in [0.717, 1.165) is 6.42 Å². The number of rotatable bonds is 5. The molecule has 0 aliphatic heterocycles. The summed E-state index contributed by atoms with van der Waals surface area (Å²) in [6.45, 7) is 4.02. The van der Waals surface area contributed by atoms with E-state index in [1.54, 1.807) is 11.8 Å². The number of ether oxygens (including phenoxy) is 1. The minimum Gasteiger partial charge on any atom is -0.469 e. The van der Waals surface area contributed by atoms with Crippen molar-refractivity contribution < 1.29 is 9.53 Å². The molecule has 2 atom stereocenters. The maximum absolute atomic E-state index is 11.5. The molecule has 1 rings (SSSR count). The van der Waals surface area contributed by atoms with Gasteiger partial charge in [-0.15, -0.1) is 11.8 Å². The zero-order valence-corrected chi connectivity index (χ0v) is 10.8. The van der Waals surface area contributed by atoms with Crippen molar-refractivity contribution in [2.45, 2.75) is 30.4 Å². The van der Waals surface area contributed by atoms with Crippen molar-refractivity contribution in [3.05, 3.63) is 30.3 Å². The predicted molar refractivity (Wildman–Crippen MR) is 67.6 cm³/mol. The van der Waals surface area contributed by atoms with Crippen LogP contribution in [0.4, 0.5) is 0 Å². The fraction of sp³-hybridized carbons (Fsp3) is 0.462. The van der Waals surface area contributed by atoms with Crippen molar-refractivity contribution in [2.75, 3.05) is 7.11 Å². The number of benzene rings is 1. The molecule has 0 saturated carbocycles. The van der Waals surface area contributed by atoms with E-state index < -0.39 is 0 Å². The first-order valence-electron chi connectivity index (χ1n) is 5.48. The van der Waals surface area contributed by atoms with Gasteiger partial charge in [-0.1, -0.05) is 32.0 Å². The summed E-state index contributed by atoms with van der Waals surface area (Å²) in [4.78, 5) is 12.7. The molecule has 0 fully saturated rings. The Bertz CT molecular complexity index is 324. The Kier molecular flexibility index (Phi) is 5.39. The van der Waals surface area contributed by atoms with Gasteiger partial charge in [0.05, 0.1) is 13.0 Å². The molecule has 0 radical (unpaired) electrons. The maximum atomic E-state index is 11.5. The molecule has 0 aliphatic carbocycles. The zero-order chi connectivity index (χ0) is 12.0. The molecule has 1 aromatic carbocycles. The molecular weight excluding hydrogens is 220 g/mol. The van der Waals surface area contributed by atoms with Gasteiger partial charge in [-0.2, -0.15) is 0 Å². The van der Waals surface area contributed by atoms with Gasteiger partial charge in [0.2, 0.25) is 0 Å². The van der Waals surface area contributed by atoms with Crippen molar-refractivity contribution in [1.29, 1.82) is 0 Å². The highest BCUT2D eigenvalue weighted by atomic mass is 32.2. The molecule has 0 spiro atoms. The van der Waals surface area contributed by atoms with Gasteiger partial charge >= 0.3 is 5.97 Å². The Labute approximate surface area is 101 Å². The second-order valence-electron chi connectivity index (χ2n) is 3.69. The number of hydrogen-bond acceptors (Lipinski definition) is 3. The van der Waals surface area contributed by atoms with Crippen LogP contribution in [0.15, 0.2) is 35.2 Å². The predicted octanol–water partition coefficient (Wildman–Crippen LogP) is 3.37. The molecule has 88 valence electrons. The number of hydrogen-bond donors (Lipinski definition) is 0. The van der Waals surface area contributed by atoms with Crippen LogP contribution in [0, 0.1) is 5.92 Å². The highest BCUT2D eigenvalue weighted by Gasteiger charge is 2.23. The summed E-state index contributed by atoms with van der Waals surface area (Å²) in [6, 6.07) is 10.2. The summed E-state index contributed by atoms with van der Waals surface area (Å²) in [5, 5.41) is 0.273. The SMILES string of the molecule is CC[C@H](Sc1ccccc1)[C@@H](C)C(=O)OC. The largest absolute Gasteiger partial charge is 0.469 e. The minimum absolute atomic E-state index is 0.0693. The summed E-state index contributed by atoms with van der Waals surface area (Å²) in [5.41, 5.74) is 0. The zero-order valence-electron chi connectivity index (χ0n) is 9.97. The van der Waals surface area contributed by atoms with Crippen LogP contribution in [0.5, 0.6) is 0 Å². The molecule has 0 aromatic heterocycles. The Morgan fingerprint density at radius 3 is 2.50 bits per heavy atom. The summed E-state index contributed by atoms with van der Waals surface area (Å²) in [6.07, 6.45) is 0.954. The number of esters is 1. The van der Waals surface area contributed by atoms with Crippen molar-refractivity contribution in [1.82, 2.24) is 0 Å². The highest BCUT2D eigenvalue weighted by Crippen LogP contribution is 2.30. The molecule has 0 aliphatic rings. The van der Waals surface area contributed by atoms with Crippen LogP contribution >= 0.6 is 11.8 Å². The fourth-order valence-corrected chi connectivity index (χ4v) is 2.70. The van der Waals surface area contributed by atoms with Crippen LogP contribution in [0.2, 0.25) is 0 Å². The Balaban J connectivity index is 2.65. The van der Waals surface area contributed by atoms with Gasteiger partial charge in [0.25, 0.3) is 0 Å². The lowest BCUT2D eigenvalue weighted by Gasteiger charge is -2.19. The summed E-state index contributed by atoms with van der Waals surface area (Å²) < 4.78 is 4.78. The first kappa shape index (κ1) is 13.1. The van der Waals surface area contributed by atoms with Crippen LogP contribution in [-0.4, -0.2) is 18.3 Å². The van der Waals surface area contributed by atoms with Gasteiger partial charge in [0, 0.05) is 10.1 Å². The molecule has 0 saturated heterocycles. The Morgan fingerprint density at radius 2 is 2.00 bits per heavy atom. The smallest absolute Gasteiger partial charge is 0.309 e. The Morgan fingerprint density at radius 1 is 1.38 bits per heavy atom. The number of methoxy groups -OCH3 is 1. The summed E-state index contributed by atoms with van der Waals surface area (Å²) in [5.74, 6) is -0.199. The average molecular weight is 238 g/mol. The molecule has 0 heterocycles. The highest BCUT2D eigenvalue weighted by molar-refractivity contribution is 8.00. The van der Waals surface area contributed by atoms with E-state index in [1.807, 2.05) is 25.1 Å². The van der Waals surface area contributed by atoms with Crippen molar-refractivity contribution in [3.63, 3.8) is 0 Å².